The number of nitrogens with zero attached hydrogens (tertiary/aromatic N) is 2. The van der Waals surface area contributed by atoms with Gasteiger partial charge in [0.05, 0.1) is 6.54 Å². The Morgan fingerprint density at radius 2 is 1.88 bits per heavy atom. The van der Waals surface area contributed by atoms with Crippen molar-refractivity contribution in [2.75, 3.05) is 39.3 Å². The van der Waals surface area contributed by atoms with Gasteiger partial charge in [-0.05, 0) is 18.8 Å². The second kappa shape index (κ2) is 5.83. The standard InChI is InChI=1S/C13H25N3O/c1-11(2)10-15-5-7-16(8-6-15)13(17)9-14-12-3-4-12/h11-12,14H,3-10H2,1-2H3. The second-order valence-corrected chi connectivity index (χ2v) is 5.73. The summed E-state index contributed by atoms with van der Waals surface area (Å²) in [5.74, 6) is 0.995. The predicted octanol–water partition coefficient (Wildman–Crippen LogP) is 0.539. The van der Waals surface area contributed by atoms with Crippen LogP contribution >= 0.6 is 0 Å². The molecule has 1 aliphatic heterocycles. The lowest BCUT2D eigenvalue weighted by Crippen LogP contribution is -2.51. The van der Waals surface area contributed by atoms with Crippen LogP contribution in [0.3, 0.4) is 0 Å². The largest absolute Gasteiger partial charge is 0.339 e. The van der Waals surface area contributed by atoms with Crippen LogP contribution < -0.4 is 5.32 Å². The van der Waals surface area contributed by atoms with E-state index in [2.05, 4.69) is 24.1 Å². The maximum absolute atomic E-state index is 11.9. The molecule has 98 valence electrons. The van der Waals surface area contributed by atoms with Gasteiger partial charge in [-0.3, -0.25) is 9.69 Å². The zero-order chi connectivity index (χ0) is 12.3. The van der Waals surface area contributed by atoms with Gasteiger partial charge in [-0.15, -0.1) is 0 Å². The predicted molar refractivity (Wildman–Crippen MR) is 68.9 cm³/mol. The number of hydrogen-bond donors (Lipinski definition) is 1. The van der Waals surface area contributed by atoms with Gasteiger partial charge in [-0.2, -0.15) is 0 Å². The van der Waals surface area contributed by atoms with Crippen LogP contribution in [-0.2, 0) is 4.79 Å². The third kappa shape index (κ3) is 4.28. The van der Waals surface area contributed by atoms with Crippen LogP contribution in [0.1, 0.15) is 26.7 Å². The summed E-state index contributed by atoms with van der Waals surface area (Å²) in [7, 11) is 0. The molecule has 0 atom stereocenters. The van der Waals surface area contributed by atoms with E-state index in [0.717, 1.165) is 32.7 Å². The summed E-state index contributed by atoms with van der Waals surface area (Å²) in [6.45, 7) is 10.1. The summed E-state index contributed by atoms with van der Waals surface area (Å²) >= 11 is 0. The first-order valence-electron chi connectivity index (χ1n) is 6.88. The van der Waals surface area contributed by atoms with Gasteiger partial charge in [0.15, 0.2) is 0 Å². The molecular weight excluding hydrogens is 214 g/mol. The van der Waals surface area contributed by atoms with Gasteiger partial charge in [0.2, 0.25) is 5.91 Å². The summed E-state index contributed by atoms with van der Waals surface area (Å²) in [5, 5.41) is 3.29. The first-order valence-corrected chi connectivity index (χ1v) is 6.88. The molecule has 1 saturated carbocycles. The second-order valence-electron chi connectivity index (χ2n) is 5.73. The van der Waals surface area contributed by atoms with Crippen LogP contribution in [0.25, 0.3) is 0 Å². The number of carbonyl (C=O) groups is 1. The number of amides is 1. The maximum atomic E-state index is 11.9. The Kier molecular flexibility index (Phi) is 4.40. The molecule has 4 heteroatoms. The smallest absolute Gasteiger partial charge is 0.236 e. The molecule has 1 aliphatic carbocycles. The van der Waals surface area contributed by atoms with Crippen molar-refractivity contribution in [3.8, 4) is 0 Å². The summed E-state index contributed by atoms with van der Waals surface area (Å²) in [4.78, 5) is 16.4. The van der Waals surface area contributed by atoms with Gasteiger partial charge < -0.3 is 10.2 Å². The maximum Gasteiger partial charge on any atom is 0.236 e. The molecule has 0 unspecified atom stereocenters. The van der Waals surface area contributed by atoms with Gasteiger partial charge in [0.1, 0.15) is 0 Å². The van der Waals surface area contributed by atoms with Crippen molar-refractivity contribution >= 4 is 5.91 Å². The van der Waals surface area contributed by atoms with Crippen molar-refractivity contribution in [2.45, 2.75) is 32.7 Å². The molecule has 0 spiro atoms. The van der Waals surface area contributed by atoms with E-state index in [1.165, 1.54) is 12.8 Å². The van der Waals surface area contributed by atoms with E-state index in [4.69, 9.17) is 0 Å². The van der Waals surface area contributed by atoms with E-state index in [1.54, 1.807) is 0 Å². The first-order chi connectivity index (χ1) is 8.15. The minimum absolute atomic E-state index is 0.279. The minimum atomic E-state index is 0.279. The topological polar surface area (TPSA) is 35.6 Å². The van der Waals surface area contributed by atoms with E-state index >= 15 is 0 Å². The van der Waals surface area contributed by atoms with Crippen molar-refractivity contribution in [1.82, 2.24) is 15.1 Å². The van der Waals surface area contributed by atoms with Crippen LogP contribution in [0.4, 0.5) is 0 Å². The quantitative estimate of drug-likeness (QED) is 0.760. The summed E-state index contributed by atoms with van der Waals surface area (Å²) in [6.07, 6.45) is 2.49. The van der Waals surface area contributed by atoms with Crippen LogP contribution in [0.5, 0.6) is 0 Å². The lowest BCUT2D eigenvalue weighted by atomic mass is 10.2. The van der Waals surface area contributed by atoms with Crippen LogP contribution in [0.15, 0.2) is 0 Å². The average Bonchev–Trinajstić information content (AvgIpc) is 3.10. The average molecular weight is 239 g/mol. The zero-order valence-electron chi connectivity index (χ0n) is 11.1. The third-order valence-corrected chi connectivity index (χ3v) is 3.47. The van der Waals surface area contributed by atoms with Gasteiger partial charge in [0, 0.05) is 38.8 Å². The highest BCUT2D eigenvalue weighted by Crippen LogP contribution is 2.18. The van der Waals surface area contributed by atoms with E-state index in [-0.39, 0.29) is 5.91 Å². The molecular formula is C13H25N3O. The molecule has 0 radical (unpaired) electrons. The normalized spacial score (nSPS) is 22.2. The Morgan fingerprint density at radius 3 is 2.41 bits per heavy atom. The molecule has 2 aliphatic rings. The molecule has 0 aromatic heterocycles. The number of rotatable bonds is 5. The third-order valence-electron chi connectivity index (χ3n) is 3.47. The van der Waals surface area contributed by atoms with Gasteiger partial charge in [0.25, 0.3) is 0 Å². The SMILES string of the molecule is CC(C)CN1CCN(C(=O)CNC2CC2)CC1. The van der Waals surface area contributed by atoms with Gasteiger partial charge >= 0.3 is 0 Å². The van der Waals surface area contributed by atoms with Crippen LogP contribution in [0, 0.1) is 5.92 Å². The fourth-order valence-corrected chi connectivity index (χ4v) is 2.33. The monoisotopic (exact) mass is 239 g/mol. The Balaban J connectivity index is 1.64. The Labute approximate surface area is 104 Å². The minimum Gasteiger partial charge on any atom is -0.339 e. The van der Waals surface area contributed by atoms with Crippen LogP contribution in [-0.4, -0.2) is 61.0 Å². The Hall–Kier alpha value is -0.610. The molecule has 2 fully saturated rings. The Bertz CT molecular complexity index is 255. The molecule has 1 heterocycles. The lowest BCUT2D eigenvalue weighted by molar-refractivity contribution is -0.132. The number of nitrogens with one attached hydrogen (secondary N) is 1. The molecule has 1 saturated heterocycles. The van der Waals surface area contributed by atoms with E-state index in [0.29, 0.717) is 18.5 Å². The molecule has 17 heavy (non-hydrogen) atoms. The van der Waals surface area contributed by atoms with E-state index in [9.17, 15) is 4.79 Å². The van der Waals surface area contributed by atoms with E-state index < -0.39 is 0 Å². The zero-order valence-corrected chi connectivity index (χ0v) is 11.1. The van der Waals surface area contributed by atoms with Gasteiger partial charge in [-0.1, -0.05) is 13.8 Å². The van der Waals surface area contributed by atoms with Gasteiger partial charge in [-0.25, -0.2) is 0 Å². The highest BCUT2D eigenvalue weighted by Gasteiger charge is 2.24. The molecule has 0 aromatic rings. The fourth-order valence-electron chi connectivity index (χ4n) is 2.33. The Morgan fingerprint density at radius 1 is 1.24 bits per heavy atom. The van der Waals surface area contributed by atoms with Crippen molar-refractivity contribution in [3.05, 3.63) is 0 Å². The molecule has 2 rings (SSSR count). The molecule has 1 N–H and O–H groups in total. The molecule has 0 bridgehead atoms. The summed E-state index contributed by atoms with van der Waals surface area (Å²) in [6, 6.07) is 0.626. The van der Waals surface area contributed by atoms with Crippen molar-refractivity contribution < 1.29 is 4.79 Å². The summed E-state index contributed by atoms with van der Waals surface area (Å²) in [5.41, 5.74) is 0. The lowest BCUT2D eigenvalue weighted by Gasteiger charge is -2.35. The number of piperazine rings is 1. The first kappa shape index (κ1) is 12.8. The highest BCUT2D eigenvalue weighted by molar-refractivity contribution is 5.78. The number of hydrogen-bond acceptors (Lipinski definition) is 3. The molecule has 0 aromatic carbocycles. The summed E-state index contributed by atoms with van der Waals surface area (Å²) < 4.78 is 0. The van der Waals surface area contributed by atoms with Crippen LogP contribution in [0.2, 0.25) is 0 Å². The number of carbonyl (C=O) groups excluding carboxylic acids is 1. The molecule has 4 nitrogen and oxygen atoms in total. The van der Waals surface area contributed by atoms with Crippen molar-refractivity contribution in [3.63, 3.8) is 0 Å². The fraction of sp³-hybridized carbons (Fsp3) is 0.923. The molecule has 1 amide bonds. The van der Waals surface area contributed by atoms with Crippen molar-refractivity contribution in [1.29, 1.82) is 0 Å². The van der Waals surface area contributed by atoms with Crippen molar-refractivity contribution in [2.24, 2.45) is 5.92 Å². The van der Waals surface area contributed by atoms with E-state index in [1.807, 2.05) is 4.90 Å². The highest BCUT2D eigenvalue weighted by atomic mass is 16.2.